The molecule has 1 N–H and O–H groups in total. The van der Waals surface area contributed by atoms with Gasteiger partial charge in [-0.3, -0.25) is 4.99 Å². The van der Waals surface area contributed by atoms with E-state index in [4.69, 9.17) is 0 Å². The lowest BCUT2D eigenvalue weighted by Gasteiger charge is -2.42. The molecule has 2 aromatic rings. The van der Waals surface area contributed by atoms with Crippen molar-refractivity contribution in [1.82, 2.24) is 25.0 Å². The SMILES string of the molecule is CCCC1(C)CCCN(C(=NC)NCc2cccc(Cn3cncn3)c2)C1. The molecule has 1 aromatic heterocycles. The number of aliphatic imine (C=N–C) groups is 1. The molecule has 1 aliphatic rings. The van der Waals surface area contributed by atoms with E-state index in [0.717, 1.165) is 32.1 Å². The number of hydrogen-bond acceptors (Lipinski definition) is 3. The number of likely N-dealkylation sites (tertiary alicyclic amines) is 1. The standard InChI is InChI=1S/C21H32N6/c1-4-9-21(2)10-6-11-26(15-21)20(22-3)24-13-18-7-5-8-19(12-18)14-27-17-23-16-25-27/h5,7-8,12,16-17H,4,6,9-11,13-15H2,1-3H3,(H,22,24). The summed E-state index contributed by atoms with van der Waals surface area (Å²) in [7, 11) is 1.88. The summed E-state index contributed by atoms with van der Waals surface area (Å²) in [6.07, 6.45) is 8.40. The molecule has 6 nitrogen and oxygen atoms in total. The van der Waals surface area contributed by atoms with E-state index in [1.165, 1.54) is 36.8 Å². The first kappa shape index (κ1) is 19.4. The van der Waals surface area contributed by atoms with Crippen molar-refractivity contribution in [3.63, 3.8) is 0 Å². The van der Waals surface area contributed by atoms with Crippen LogP contribution < -0.4 is 5.32 Å². The van der Waals surface area contributed by atoms with E-state index in [1.54, 1.807) is 12.7 Å². The Morgan fingerprint density at radius 1 is 1.33 bits per heavy atom. The van der Waals surface area contributed by atoms with E-state index >= 15 is 0 Å². The Morgan fingerprint density at radius 2 is 2.19 bits per heavy atom. The van der Waals surface area contributed by atoms with E-state index < -0.39 is 0 Å². The van der Waals surface area contributed by atoms with Crippen LogP contribution >= 0.6 is 0 Å². The number of rotatable bonds is 6. The molecular weight excluding hydrogens is 336 g/mol. The lowest BCUT2D eigenvalue weighted by molar-refractivity contribution is 0.142. The number of hydrogen-bond donors (Lipinski definition) is 1. The molecule has 27 heavy (non-hydrogen) atoms. The van der Waals surface area contributed by atoms with Crippen molar-refractivity contribution in [1.29, 1.82) is 0 Å². The van der Waals surface area contributed by atoms with Gasteiger partial charge in [-0.25, -0.2) is 9.67 Å². The molecular formula is C21H32N6. The van der Waals surface area contributed by atoms with Crippen LogP contribution in [0.2, 0.25) is 0 Å². The predicted octanol–water partition coefficient (Wildman–Crippen LogP) is 3.30. The van der Waals surface area contributed by atoms with E-state index in [9.17, 15) is 0 Å². The van der Waals surface area contributed by atoms with Gasteiger partial charge in [0.05, 0.1) is 6.54 Å². The summed E-state index contributed by atoms with van der Waals surface area (Å²) in [5.41, 5.74) is 2.88. The molecule has 2 heterocycles. The average molecular weight is 369 g/mol. The van der Waals surface area contributed by atoms with Crippen LogP contribution in [0.1, 0.15) is 50.7 Å². The molecule has 1 atom stereocenters. The van der Waals surface area contributed by atoms with Crippen molar-refractivity contribution >= 4 is 5.96 Å². The highest BCUT2D eigenvalue weighted by atomic mass is 15.3. The Hall–Kier alpha value is -2.37. The average Bonchev–Trinajstić information content (AvgIpc) is 3.16. The molecule has 1 fully saturated rings. The summed E-state index contributed by atoms with van der Waals surface area (Å²) in [5, 5.41) is 7.75. The summed E-state index contributed by atoms with van der Waals surface area (Å²) in [4.78, 5) is 11.0. The molecule has 0 amide bonds. The van der Waals surface area contributed by atoms with Gasteiger partial charge in [0.2, 0.25) is 0 Å². The second-order valence-corrected chi connectivity index (χ2v) is 7.90. The van der Waals surface area contributed by atoms with Gasteiger partial charge < -0.3 is 10.2 Å². The Labute approximate surface area is 162 Å². The maximum absolute atomic E-state index is 4.54. The zero-order chi connectivity index (χ0) is 19.1. The van der Waals surface area contributed by atoms with E-state index in [2.05, 4.69) is 63.4 Å². The Bertz CT molecular complexity index is 735. The highest BCUT2D eigenvalue weighted by Gasteiger charge is 2.31. The van der Waals surface area contributed by atoms with Crippen molar-refractivity contribution in [3.8, 4) is 0 Å². The molecule has 6 heteroatoms. The van der Waals surface area contributed by atoms with E-state index in [0.29, 0.717) is 5.41 Å². The molecule has 146 valence electrons. The van der Waals surface area contributed by atoms with Gasteiger partial charge in [0, 0.05) is 26.7 Å². The summed E-state index contributed by atoms with van der Waals surface area (Å²) in [6, 6.07) is 8.61. The van der Waals surface area contributed by atoms with Crippen LogP contribution in [0.5, 0.6) is 0 Å². The smallest absolute Gasteiger partial charge is 0.193 e. The van der Waals surface area contributed by atoms with Crippen LogP contribution in [0.4, 0.5) is 0 Å². The van der Waals surface area contributed by atoms with Crippen LogP contribution in [-0.2, 0) is 13.1 Å². The Morgan fingerprint density at radius 3 is 2.93 bits per heavy atom. The number of piperidine rings is 1. The van der Waals surface area contributed by atoms with Crippen LogP contribution in [0.3, 0.4) is 0 Å². The zero-order valence-electron chi connectivity index (χ0n) is 16.9. The lowest BCUT2D eigenvalue weighted by Crippen LogP contribution is -2.49. The quantitative estimate of drug-likeness (QED) is 0.628. The molecule has 1 aromatic carbocycles. The number of benzene rings is 1. The van der Waals surface area contributed by atoms with Crippen LogP contribution in [0, 0.1) is 5.41 Å². The monoisotopic (exact) mass is 368 g/mol. The first-order chi connectivity index (χ1) is 13.1. The molecule has 1 unspecified atom stereocenters. The Kier molecular flexibility index (Phi) is 6.48. The van der Waals surface area contributed by atoms with Gasteiger partial charge >= 0.3 is 0 Å². The molecule has 0 saturated carbocycles. The fourth-order valence-corrected chi connectivity index (χ4v) is 4.16. The maximum atomic E-state index is 4.54. The van der Waals surface area contributed by atoms with Gasteiger partial charge in [-0.05, 0) is 35.8 Å². The van der Waals surface area contributed by atoms with Crippen molar-refractivity contribution < 1.29 is 0 Å². The molecule has 1 saturated heterocycles. The maximum Gasteiger partial charge on any atom is 0.193 e. The number of aromatic nitrogens is 3. The number of nitrogens with zero attached hydrogens (tertiary/aromatic N) is 5. The third-order valence-corrected chi connectivity index (χ3v) is 5.40. The summed E-state index contributed by atoms with van der Waals surface area (Å²) in [6.45, 7) is 8.40. The molecule has 0 aliphatic carbocycles. The predicted molar refractivity (Wildman–Crippen MR) is 110 cm³/mol. The van der Waals surface area contributed by atoms with Gasteiger partial charge in [0.25, 0.3) is 0 Å². The van der Waals surface area contributed by atoms with Crippen molar-refractivity contribution in [3.05, 3.63) is 48.0 Å². The van der Waals surface area contributed by atoms with E-state index in [1.807, 2.05) is 11.7 Å². The fraction of sp³-hybridized carbons (Fsp3) is 0.571. The second kappa shape index (κ2) is 9.02. The van der Waals surface area contributed by atoms with Gasteiger partial charge in [-0.2, -0.15) is 5.10 Å². The van der Waals surface area contributed by atoms with Gasteiger partial charge in [0.15, 0.2) is 5.96 Å². The lowest BCUT2D eigenvalue weighted by atomic mass is 9.78. The highest BCUT2D eigenvalue weighted by Crippen LogP contribution is 2.33. The number of guanidine groups is 1. The van der Waals surface area contributed by atoms with E-state index in [-0.39, 0.29) is 0 Å². The summed E-state index contributed by atoms with van der Waals surface area (Å²) >= 11 is 0. The van der Waals surface area contributed by atoms with Crippen LogP contribution in [0.25, 0.3) is 0 Å². The third kappa shape index (κ3) is 5.31. The van der Waals surface area contributed by atoms with Crippen molar-refractivity contribution in [2.75, 3.05) is 20.1 Å². The van der Waals surface area contributed by atoms with Gasteiger partial charge in [0.1, 0.15) is 12.7 Å². The van der Waals surface area contributed by atoms with Crippen molar-refractivity contribution in [2.45, 2.75) is 52.6 Å². The van der Waals surface area contributed by atoms with Crippen molar-refractivity contribution in [2.24, 2.45) is 10.4 Å². The molecule has 0 radical (unpaired) electrons. The minimum atomic E-state index is 0.405. The Balaban J connectivity index is 1.59. The molecule has 0 bridgehead atoms. The van der Waals surface area contributed by atoms with Gasteiger partial charge in [-0.15, -0.1) is 0 Å². The summed E-state index contributed by atoms with van der Waals surface area (Å²) in [5.74, 6) is 1.01. The molecule has 3 rings (SSSR count). The minimum Gasteiger partial charge on any atom is -0.352 e. The zero-order valence-corrected chi connectivity index (χ0v) is 16.9. The van der Waals surface area contributed by atoms with Gasteiger partial charge in [-0.1, -0.05) is 44.5 Å². The van der Waals surface area contributed by atoms with Crippen LogP contribution in [0.15, 0.2) is 41.9 Å². The molecule has 1 aliphatic heterocycles. The van der Waals surface area contributed by atoms with Crippen LogP contribution in [-0.4, -0.2) is 45.8 Å². The number of nitrogens with one attached hydrogen (secondary N) is 1. The second-order valence-electron chi connectivity index (χ2n) is 7.90. The fourth-order valence-electron chi connectivity index (χ4n) is 4.16. The summed E-state index contributed by atoms with van der Waals surface area (Å²) < 4.78 is 1.84. The molecule has 0 spiro atoms. The third-order valence-electron chi connectivity index (χ3n) is 5.40. The normalized spacial score (nSPS) is 20.7. The highest BCUT2D eigenvalue weighted by molar-refractivity contribution is 5.80. The topological polar surface area (TPSA) is 58.3 Å². The largest absolute Gasteiger partial charge is 0.352 e. The first-order valence-electron chi connectivity index (χ1n) is 9.98. The minimum absolute atomic E-state index is 0.405. The first-order valence-corrected chi connectivity index (χ1v) is 9.98.